The predicted molar refractivity (Wildman–Crippen MR) is 75.3 cm³/mol. The summed E-state index contributed by atoms with van der Waals surface area (Å²) in [4.78, 5) is 15.2. The van der Waals surface area contributed by atoms with Crippen molar-refractivity contribution in [3.63, 3.8) is 0 Å². The molecule has 1 heterocycles. The molecule has 0 atom stereocenters. The Morgan fingerprint density at radius 2 is 2.21 bits per heavy atom. The molecule has 19 heavy (non-hydrogen) atoms. The van der Waals surface area contributed by atoms with E-state index in [1.54, 1.807) is 7.11 Å². The van der Waals surface area contributed by atoms with Crippen LogP contribution in [0.2, 0.25) is 0 Å². The van der Waals surface area contributed by atoms with Gasteiger partial charge in [-0.25, -0.2) is 0 Å². The van der Waals surface area contributed by atoms with Gasteiger partial charge in [-0.1, -0.05) is 0 Å². The van der Waals surface area contributed by atoms with Crippen molar-refractivity contribution in [1.29, 1.82) is 0 Å². The van der Waals surface area contributed by atoms with Crippen molar-refractivity contribution in [3.8, 4) is 5.75 Å². The van der Waals surface area contributed by atoms with Crippen molar-refractivity contribution < 1.29 is 9.53 Å². The van der Waals surface area contributed by atoms with Crippen LogP contribution >= 0.6 is 0 Å². The minimum atomic E-state index is 0.0151. The molecular weight excluding hydrogens is 240 g/mol. The summed E-state index contributed by atoms with van der Waals surface area (Å²) < 4.78 is 5.25. The molecule has 1 aromatic carbocycles. The second-order valence-electron chi connectivity index (χ2n) is 4.44. The maximum absolute atomic E-state index is 10.8. The van der Waals surface area contributed by atoms with E-state index in [0.717, 1.165) is 29.5 Å². The molecule has 0 radical (unpaired) electrons. The summed E-state index contributed by atoms with van der Waals surface area (Å²) in [6.45, 7) is 2.23. The Balaban J connectivity index is 2.15. The fourth-order valence-electron chi connectivity index (χ4n) is 2.07. The first kappa shape index (κ1) is 13.3. The molecule has 100 valence electrons. The lowest BCUT2D eigenvalue weighted by Crippen LogP contribution is -2.21. The average molecular weight is 258 g/mol. The molecule has 0 spiro atoms. The molecule has 0 aliphatic rings. The number of hydrogen-bond donors (Lipinski definition) is 1. The molecular formula is C15H18N2O2. The Kier molecular flexibility index (Phi) is 4.34. The van der Waals surface area contributed by atoms with E-state index in [1.807, 2.05) is 30.5 Å². The number of aromatic nitrogens is 1. The highest BCUT2D eigenvalue weighted by molar-refractivity contribution is 5.83. The Labute approximate surface area is 112 Å². The lowest BCUT2D eigenvalue weighted by molar-refractivity contribution is -0.118. The van der Waals surface area contributed by atoms with E-state index >= 15 is 0 Å². The van der Waals surface area contributed by atoms with Crippen LogP contribution in [-0.2, 0) is 11.2 Å². The molecule has 0 saturated heterocycles. The van der Waals surface area contributed by atoms with Crippen LogP contribution in [0.3, 0.4) is 0 Å². The van der Waals surface area contributed by atoms with Crippen molar-refractivity contribution in [2.24, 2.45) is 0 Å². The molecule has 1 N–H and O–H groups in total. The van der Waals surface area contributed by atoms with E-state index in [4.69, 9.17) is 4.74 Å². The number of pyridine rings is 1. The van der Waals surface area contributed by atoms with E-state index in [2.05, 4.69) is 10.3 Å². The van der Waals surface area contributed by atoms with E-state index in [-0.39, 0.29) is 5.91 Å². The Hall–Kier alpha value is -2.10. The van der Waals surface area contributed by atoms with Gasteiger partial charge in [0.1, 0.15) is 5.75 Å². The van der Waals surface area contributed by atoms with Gasteiger partial charge >= 0.3 is 0 Å². The molecule has 2 aromatic rings. The molecule has 1 amide bonds. The van der Waals surface area contributed by atoms with Crippen molar-refractivity contribution in [3.05, 3.63) is 36.0 Å². The number of aryl methyl sites for hydroxylation is 1. The van der Waals surface area contributed by atoms with Crippen LogP contribution in [0.15, 0.2) is 30.5 Å². The molecule has 0 aliphatic carbocycles. The Morgan fingerprint density at radius 3 is 2.95 bits per heavy atom. The number of carbonyl (C=O) groups excluding carboxylic acids is 1. The van der Waals surface area contributed by atoms with Crippen LogP contribution in [0.4, 0.5) is 0 Å². The molecule has 0 aliphatic heterocycles. The number of benzene rings is 1. The van der Waals surface area contributed by atoms with Crippen molar-refractivity contribution in [2.75, 3.05) is 13.7 Å². The highest BCUT2D eigenvalue weighted by Gasteiger charge is 2.04. The summed E-state index contributed by atoms with van der Waals surface area (Å²) in [5.41, 5.74) is 2.20. The van der Waals surface area contributed by atoms with Crippen molar-refractivity contribution in [1.82, 2.24) is 10.3 Å². The van der Waals surface area contributed by atoms with Gasteiger partial charge in [-0.2, -0.15) is 0 Å². The van der Waals surface area contributed by atoms with Gasteiger partial charge in [0, 0.05) is 25.1 Å². The number of hydrogen-bond acceptors (Lipinski definition) is 3. The molecule has 2 rings (SSSR count). The number of rotatable bonds is 5. The van der Waals surface area contributed by atoms with E-state index in [0.29, 0.717) is 6.54 Å². The van der Waals surface area contributed by atoms with Gasteiger partial charge < -0.3 is 10.1 Å². The number of fused-ring (bicyclic) bond motifs is 1. The zero-order valence-corrected chi connectivity index (χ0v) is 11.3. The zero-order valence-electron chi connectivity index (χ0n) is 11.3. The first-order valence-corrected chi connectivity index (χ1v) is 6.37. The second-order valence-corrected chi connectivity index (χ2v) is 4.44. The van der Waals surface area contributed by atoms with Crippen LogP contribution < -0.4 is 10.1 Å². The lowest BCUT2D eigenvalue weighted by Gasteiger charge is -2.08. The average Bonchev–Trinajstić information content (AvgIpc) is 2.43. The second kappa shape index (κ2) is 6.18. The largest absolute Gasteiger partial charge is 0.497 e. The predicted octanol–water partition coefficient (Wildman–Crippen LogP) is 2.31. The lowest BCUT2D eigenvalue weighted by atomic mass is 10.0. The zero-order chi connectivity index (χ0) is 13.7. The molecule has 1 aromatic heterocycles. The van der Waals surface area contributed by atoms with Crippen LogP contribution in [0, 0.1) is 0 Å². The first-order valence-electron chi connectivity index (χ1n) is 6.37. The van der Waals surface area contributed by atoms with E-state index in [9.17, 15) is 4.79 Å². The molecule has 4 nitrogen and oxygen atoms in total. The summed E-state index contributed by atoms with van der Waals surface area (Å²) in [5.74, 6) is 0.852. The van der Waals surface area contributed by atoms with Crippen LogP contribution in [0.1, 0.15) is 18.9 Å². The van der Waals surface area contributed by atoms with E-state index in [1.165, 1.54) is 12.5 Å². The van der Waals surface area contributed by atoms with Crippen molar-refractivity contribution >= 4 is 16.8 Å². The van der Waals surface area contributed by atoms with Gasteiger partial charge in [-0.3, -0.25) is 9.78 Å². The summed E-state index contributed by atoms with van der Waals surface area (Å²) in [6, 6.07) is 7.91. The Morgan fingerprint density at radius 1 is 1.37 bits per heavy atom. The number of ether oxygens (including phenoxy) is 1. The fraction of sp³-hybridized carbons (Fsp3) is 0.333. The highest BCUT2D eigenvalue weighted by Crippen LogP contribution is 2.23. The summed E-state index contributed by atoms with van der Waals surface area (Å²) in [6.07, 6.45) is 3.64. The van der Waals surface area contributed by atoms with Gasteiger partial charge in [0.2, 0.25) is 5.91 Å². The molecule has 0 fully saturated rings. The minimum Gasteiger partial charge on any atom is -0.497 e. The Bertz CT molecular complexity index is 581. The minimum absolute atomic E-state index is 0.0151. The van der Waals surface area contributed by atoms with Crippen molar-refractivity contribution in [2.45, 2.75) is 19.8 Å². The monoisotopic (exact) mass is 258 g/mol. The standard InChI is InChI=1S/C15H18N2O2/c1-11(18)16-8-3-4-12-7-9-17-15-6-5-13(19-2)10-14(12)15/h5-7,9-10H,3-4,8H2,1-2H3,(H,16,18). The number of nitrogens with zero attached hydrogens (tertiary/aromatic N) is 1. The fourth-order valence-corrected chi connectivity index (χ4v) is 2.07. The number of methoxy groups -OCH3 is 1. The van der Waals surface area contributed by atoms with Gasteiger partial charge in [0.25, 0.3) is 0 Å². The number of carbonyl (C=O) groups is 1. The highest BCUT2D eigenvalue weighted by atomic mass is 16.5. The third kappa shape index (κ3) is 3.44. The SMILES string of the molecule is COc1ccc2nccc(CCCNC(C)=O)c2c1. The molecule has 4 heteroatoms. The molecule has 0 bridgehead atoms. The number of nitrogens with one attached hydrogen (secondary N) is 1. The quantitative estimate of drug-likeness (QED) is 0.837. The van der Waals surface area contributed by atoms with Crippen LogP contribution in [0.25, 0.3) is 10.9 Å². The normalized spacial score (nSPS) is 10.4. The third-order valence-electron chi connectivity index (χ3n) is 3.04. The van der Waals surface area contributed by atoms with Gasteiger partial charge in [0.05, 0.1) is 12.6 Å². The van der Waals surface area contributed by atoms with Crippen LogP contribution in [0.5, 0.6) is 5.75 Å². The summed E-state index contributed by atoms with van der Waals surface area (Å²) in [5, 5.41) is 3.92. The molecule has 0 unspecified atom stereocenters. The number of amides is 1. The van der Waals surface area contributed by atoms with Gasteiger partial charge in [-0.05, 0) is 42.7 Å². The van der Waals surface area contributed by atoms with E-state index < -0.39 is 0 Å². The maximum atomic E-state index is 10.8. The summed E-state index contributed by atoms with van der Waals surface area (Å²) in [7, 11) is 1.66. The van der Waals surface area contributed by atoms with Gasteiger partial charge in [0.15, 0.2) is 0 Å². The van der Waals surface area contributed by atoms with Gasteiger partial charge in [-0.15, -0.1) is 0 Å². The van der Waals surface area contributed by atoms with Crippen LogP contribution in [-0.4, -0.2) is 24.5 Å². The molecule has 0 saturated carbocycles. The topological polar surface area (TPSA) is 51.2 Å². The third-order valence-corrected chi connectivity index (χ3v) is 3.04. The first-order chi connectivity index (χ1) is 9.20. The smallest absolute Gasteiger partial charge is 0.216 e. The maximum Gasteiger partial charge on any atom is 0.216 e. The summed E-state index contributed by atoms with van der Waals surface area (Å²) >= 11 is 0.